The molecule has 0 bridgehead atoms. The summed E-state index contributed by atoms with van der Waals surface area (Å²) < 4.78 is 5.79. The Balaban J connectivity index is 1.60. The number of hydrogen-bond donors (Lipinski definition) is 1. The fraction of sp³-hybridized carbons (Fsp3) is 0.647. The molecule has 2 heterocycles. The van der Waals surface area contributed by atoms with Crippen LogP contribution >= 0.6 is 0 Å². The van der Waals surface area contributed by atoms with E-state index >= 15 is 0 Å². The molecular formula is C17H26N2O. The minimum Gasteiger partial charge on any atom is -0.382 e. The van der Waals surface area contributed by atoms with E-state index in [2.05, 4.69) is 48.3 Å². The summed E-state index contributed by atoms with van der Waals surface area (Å²) in [7, 11) is 0. The summed E-state index contributed by atoms with van der Waals surface area (Å²) in [6, 6.07) is 9.47. The molecular weight excluding hydrogens is 248 g/mol. The maximum Gasteiger partial charge on any atom is 0.0570 e. The van der Waals surface area contributed by atoms with Crippen LogP contribution in [0.1, 0.15) is 39.5 Å². The molecule has 2 aliphatic heterocycles. The van der Waals surface area contributed by atoms with Gasteiger partial charge in [-0.2, -0.15) is 0 Å². The Bertz CT molecular complexity index is 415. The van der Waals surface area contributed by atoms with Gasteiger partial charge in [-0.1, -0.05) is 0 Å². The fourth-order valence-corrected chi connectivity index (χ4v) is 3.50. The molecule has 0 spiro atoms. The van der Waals surface area contributed by atoms with Crippen LogP contribution in [0.15, 0.2) is 24.3 Å². The smallest absolute Gasteiger partial charge is 0.0570 e. The largest absolute Gasteiger partial charge is 0.382 e. The van der Waals surface area contributed by atoms with Crippen LogP contribution in [0.4, 0.5) is 11.4 Å². The molecule has 1 aromatic rings. The van der Waals surface area contributed by atoms with Crippen LogP contribution in [0.2, 0.25) is 0 Å². The van der Waals surface area contributed by atoms with Crippen molar-refractivity contribution < 1.29 is 4.74 Å². The van der Waals surface area contributed by atoms with Gasteiger partial charge in [0.1, 0.15) is 0 Å². The third-order valence-corrected chi connectivity index (χ3v) is 4.41. The van der Waals surface area contributed by atoms with Crippen molar-refractivity contribution in [2.24, 2.45) is 0 Å². The van der Waals surface area contributed by atoms with Gasteiger partial charge in [-0.15, -0.1) is 0 Å². The highest BCUT2D eigenvalue weighted by Crippen LogP contribution is 2.25. The van der Waals surface area contributed by atoms with Crippen molar-refractivity contribution >= 4 is 11.4 Å². The van der Waals surface area contributed by atoms with E-state index in [9.17, 15) is 0 Å². The molecule has 0 amide bonds. The number of nitrogens with one attached hydrogen (secondary N) is 1. The van der Waals surface area contributed by atoms with Crippen LogP contribution in [0.5, 0.6) is 0 Å². The van der Waals surface area contributed by atoms with Gasteiger partial charge in [0.25, 0.3) is 0 Å². The molecule has 3 nitrogen and oxygen atoms in total. The average Bonchev–Trinajstić information content (AvgIpc) is 2.92. The first-order valence-corrected chi connectivity index (χ1v) is 7.98. The summed E-state index contributed by atoms with van der Waals surface area (Å²) in [5, 5.41) is 3.66. The lowest BCUT2D eigenvalue weighted by Crippen LogP contribution is -2.36. The molecule has 0 aromatic heterocycles. The van der Waals surface area contributed by atoms with Crippen molar-refractivity contribution in [3.63, 3.8) is 0 Å². The molecule has 1 N–H and O–H groups in total. The summed E-state index contributed by atoms with van der Waals surface area (Å²) in [6.07, 6.45) is 5.58. The summed E-state index contributed by atoms with van der Waals surface area (Å²) in [5.41, 5.74) is 2.60. The highest BCUT2D eigenvalue weighted by Gasteiger charge is 2.24. The second-order valence-electron chi connectivity index (χ2n) is 6.31. The second-order valence-corrected chi connectivity index (χ2v) is 6.31. The third-order valence-electron chi connectivity index (χ3n) is 4.41. The number of anilines is 2. The SMILES string of the molecule is CC1CC(Nc2ccc(N3CCCC3)cc2)CC(C)O1. The van der Waals surface area contributed by atoms with Crippen LogP contribution < -0.4 is 10.2 Å². The first-order valence-electron chi connectivity index (χ1n) is 7.98. The minimum atomic E-state index is 0.361. The zero-order valence-electron chi connectivity index (χ0n) is 12.6. The normalized spacial score (nSPS) is 30.5. The van der Waals surface area contributed by atoms with Gasteiger partial charge in [0.15, 0.2) is 0 Å². The van der Waals surface area contributed by atoms with Crippen LogP contribution in [0, 0.1) is 0 Å². The van der Waals surface area contributed by atoms with Crippen LogP contribution in [0.3, 0.4) is 0 Å². The van der Waals surface area contributed by atoms with Gasteiger partial charge >= 0.3 is 0 Å². The van der Waals surface area contributed by atoms with Gasteiger partial charge in [-0.25, -0.2) is 0 Å². The first-order chi connectivity index (χ1) is 9.70. The number of benzene rings is 1. The molecule has 110 valence electrons. The molecule has 0 radical (unpaired) electrons. The fourth-order valence-electron chi connectivity index (χ4n) is 3.50. The molecule has 0 saturated carbocycles. The van der Waals surface area contributed by atoms with Gasteiger partial charge in [-0.05, 0) is 63.8 Å². The van der Waals surface area contributed by atoms with E-state index in [1.807, 2.05) is 0 Å². The zero-order valence-corrected chi connectivity index (χ0v) is 12.6. The predicted molar refractivity (Wildman–Crippen MR) is 84.5 cm³/mol. The number of ether oxygens (including phenoxy) is 1. The van der Waals surface area contributed by atoms with E-state index in [-0.39, 0.29) is 0 Å². The Hall–Kier alpha value is -1.22. The van der Waals surface area contributed by atoms with Crippen molar-refractivity contribution in [2.45, 2.75) is 57.8 Å². The van der Waals surface area contributed by atoms with E-state index in [1.54, 1.807) is 0 Å². The van der Waals surface area contributed by atoms with E-state index in [4.69, 9.17) is 4.74 Å². The molecule has 3 rings (SSSR count). The molecule has 1 aromatic carbocycles. The first kappa shape index (κ1) is 13.7. The minimum absolute atomic E-state index is 0.361. The number of hydrogen-bond acceptors (Lipinski definition) is 3. The molecule has 2 saturated heterocycles. The van der Waals surface area contributed by atoms with Gasteiger partial charge in [0, 0.05) is 30.5 Å². The predicted octanol–water partition coefficient (Wildman–Crippen LogP) is 3.65. The summed E-state index contributed by atoms with van der Waals surface area (Å²) >= 11 is 0. The molecule has 2 unspecified atom stereocenters. The third kappa shape index (κ3) is 3.26. The Morgan fingerprint density at radius 1 is 1.00 bits per heavy atom. The lowest BCUT2D eigenvalue weighted by atomic mass is 9.99. The Morgan fingerprint density at radius 3 is 2.20 bits per heavy atom. The van der Waals surface area contributed by atoms with Crippen molar-refractivity contribution in [1.82, 2.24) is 0 Å². The monoisotopic (exact) mass is 274 g/mol. The van der Waals surface area contributed by atoms with Gasteiger partial charge in [-0.3, -0.25) is 0 Å². The molecule has 20 heavy (non-hydrogen) atoms. The number of rotatable bonds is 3. The second kappa shape index (κ2) is 6.04. The van der Waals surface area contributed by atoms with Crippen molar-refractivity contribution in [2.75, 3.05) is 23.3 Å². The number of nitrogens with zero attached hydrogens (tertiary/aromatic N) is 1. The van der Waals surface area contributed by atoms with Crippen molar-refractivity contribution in [1.29, 1.82) is 0 Å². The highest BCUT2D eigenvalue weighted by atomic mass is 16.5. The Labute approximate surface area is 122 Å². The summed E-state index contributed by atoms with van der Waals surface area (Å²) in [5.74, 6) is 0. The maximum atomic E-state index is 5.79. The molecule has 0 aliphatic carbocycles. The maximum absolute atomic E-state index is 5.79. The Morgan fingerprint density at radius 2 is 1.60 bits per heavy atom. The topological polar surface area (TPSA) is 24.5 Å². The van der Waals surface area contributed by atoms with E-state index < -0.39 is 0 Å². The van der Waals surface area contributed by atoms with Crippen LogP contribution in [-0.4, -0.2) is 31.3 Å². The molecule has 3 heteroatoms. The van der Waals surface area contributed by atoms with Gasteiger partial charge in [0.2, 0.25) is 0 Å². The lowest BCUT2D eigenvalue weighted by molar-refractivity contribution is -0.0337. The Kier molecular flexibility index (Phi) is 4.16. The van der Waals surface area contributed by atoms with Gasteiger partial charge < -0.3 is 15.0 Å². The quantitative estimate of drug-likeness (QED) is 0.910. The standard InChI is InChI=1S/C17H26N2O/c1-13-11-16(12-14(2)20-13)18-15-5-7-17(8-6-15)19-9-3-4-10-19/h5-8,13-14,16,18H,3-4,9-12H2,1-2H3. The molecule has 2 fully saturated rings. The van der Waals surface area contributed by atoms with E-state index in [0.717, 1.165) is 12.8 Å². The summed E-state index contributed by atoms with van der Waals surface area (Å²) in [4.78, 5) is 2.47. The molecule has 2 aliphatic rings. The zero-order chi connectivity index (χ0) is 13.9. The van der Waals surface area contributed by atoms with Crippen LogP contribution in [0.25, 0.3) is 0 Å². The van der Waals surface area contributed by atoms with E-state index in [0.29, 0.717) is 18.2 Å². The van der Waals surface area contributed by atoms with Crippen molar-refractivity contribution in [3.8, 4) is 0 Å². The molecule has 2 atom stereocenters. The lowest BCUT2D eigenvalue weighted by Gasteiger charge is -2.33. The summed E-state index contributed by atoms with van der Waals surface area (Å²) in [6.45, 7) is 6.76. The van der Waals surface area contributed by atoms with Crippen LogP contribution in [-0.2, 0) is 4.74 Å². The average molecular weight is 274 g/mol. The highest BCUT2D eigenvalue weighted by molar-refractivity contribution is 5.55. The van der Waals surface area contributed by atoms with E-state index in [1.165, 1.54) is 37.3 Å². The van der Waals surface area contributed by atoms with Gasteiger partial charge in [0.05, 0.1) is 12.2 Å². The van der Waals surface area contributed by atoms with Crippen molar-refractivity contribution in [3.05, 3.63) is 24.3 Å².